The quantitative estimate of drug-likeness (QED) is 0.845. The van der Waals surface area contributed by atoms with E-state index in [4.69, 9.17) is 0 Å². The van der Waals surface area contributed by atoms with Gasteiger partial charge in [0.1, 0.15) is 5.82 Å². The minimum absolute atomic E-state index is 0.148. The van der Waals surface area contributed by atoms with Gasteiger partial charge in [0, 0.05) is 45.0 Å². The van der Waals surface area contributed by atoms with Crippen LogP contribution in [0.2, 0.25) is 0 Å². The molecule has 1 aromatic rings. The van der Waals surface area contributed by atoms with Gasteiger partial charge in [0.2, 0.25) is 0 Å². The molecule has 1 radical (unpaired) electrons. The van der Waals surface area contributed by atoms with Gasteiger partial charge in [0.25, 0.3) is 0 Å². The van der Waals surface area contributed by atoms with Crippen molar-refractivity contribution in [3.8, 4) is 0 Å². The van der Waals surface area contributed by atoms with Crippen molar-refractivity contribution in [3.05, 3.63) is 24.4 Å². The van der Waals surface area contributed by atoms with Crippen LogP contribution in [0.25, 0.3) is 0 Å². The molecule has 5 heteroatoms. The molecule has 0 N–H and O–H groups in total. The highest BCUT2D eigenvalue weighted by Gasteiger charge is 2.26. The summed E-state index contributed by atoms with van der Waals surface area (Å²) in [6.45, 7) is 10.0. The number of aromatic nitrogens is 1. The number of hydrogen-bond acceptors (Lipinski definition) is 3. The lowest BCUT2D eigenvalue weighted by molar-refractivity contribution is 0.140. The van der Waals surface area contributed by atoms with Crippen molar-refractivity contribution >= 4 is 11.8 Å². The molecule has 1 aliphatic rings. The maximum atomic E-state index is 12.4. The highest BCUT2D eigenvalue weighted by Crippen LogP contribution is 2.14. The molecule has 0 unspecified atom stereocenters. The Hall–Kier alpha value is -1.78. The lowest BCUT2D eigenvalue weighted by Gasteiger charge is -2.38. The van der Waals surface area contributed by atoms with Gasteiger partial charge in [0.15, 0.2) is 0 Å². The SMILES string of the molecule is CCN(C(=O)N1CCN(c2c[c]ccn2)CC1)C(C)C. The van der Waals surface area contributed by atoms with Crippen molar-refractivity contribution in [2.45, 2.75) is 26.8 Å². The number of pyridine rings is 1. The third kappa shape index (κ3) is 3.21. The Bertz CT molecular complexity index is 427. The van der Waals surface area contributed by atoms with Crippen LogP contribution in [0.3, 0.4) is 0 Å². The third-order valence-electron chi connectivity index (χ3n) is 3.67. The van der Waals surface area contributed by atoms with Crippen LogP contribution in [-0.4, -0.2) is 59.6 Å². The number of hydrogen-bond donors (Lipinski definition) is 0. The van der Waals surface area contributed by atoms with Gasteiger partial charge in [0.05, 0.1) is 0 Å². The number of piperazine rings is 1. The predicted octanol–water partition coefficient (Wildman–Crippen LogP) is 1.85. The summed E-state index contributed by atoms with van der Waals surface area (Å²) in [4.78, 5) is 22.8. The molecular weight excluding hydrogens is 252 g/mol. The molecule has 0 atom stereocenters. The Morgan fingerprint density at radius 2 is 2.10 bits per heavy atom. The molecule has 2 heterocycles. The molecule has 0 spiro atoms. The van der Waals surface area contributed by atoms with E-state index in [0.29, 0.717) is 0 Å². The van der Waals surface area contributed by atoms with Crippen molar-refractivity contribution in [2.75, 3.05) is 37.6 Å². The number of amides is 2. The topological polar surface area (TPSA) is 39.7 Å². The summed E-state index contributed by atoms with van der Waals surface area (Å²) in [5.74, 6) is 0.941. The minimum atomic E-state index is 0.148. The maximum Gasteiger partial charge on any atom is 0.320 e. The second-order valence-electron chi connectivity index (χ2n) is 5.25. The van der Waals surface area contributed by atoms with E-state index in [2.05, 4.69) is 29.8 Å². The normalized spacial score (nSPS) is 15.6. The average Bonchev–Trinajstić information content (AvgIpc) is 2.48. The van der Waals surface area contributed by atoms with Crippen molar-refractivity contribution in [3.63, 3.8) is 0 Å². The van der Waals surface area contributed by atoms with Crippen LogP contribution in [0.1, 0.15) is 20.8 Å². The van der Waals surface area contributed by atoms with Crippen LogP contribution < -0.4 is 4.90 Å². The fourth-order valence-corrected chi connectivity index (χ4v) is 2.52. The number of urea groups is 1. The van der Waals surface area contributed by atoms with E-state index in [1.54, 1.807) is 12.3 Å². The van der Waals surface area contributed by atoms with Crippen molar-refractivity contribution in [2.24, 2.45) is 0 Å². The molecule has 1 aliphatic heterocycles. The predicted molar refractivity (Wildman–Crippen MR) is 79.8 cm³/mol. The van der Waals surface area contributed by atoms with Gasteiger partial charge in [-0.1, -0.05) is 0 Å². The standard InChI is InChI=1S/C15H23N4O/c1-4-19(13(2)3)15(20)18-11-9-17(10-12-18)14-7-5-6-8-16-14/h6-8,13H,4,9-12H2,1-3H3. The molecule has 1 fully saturated rings. The van der Waals surface area contributed by atoms with E-state index in [1.165, 1.54) is 0 Å². The lowest BCUT2D eigenvalue weighted by Crippen LogP contribution is -2.54. The van der Waals surface area contributed by atoms with E-state index in [-0.39, 0.29) is 12.1 Å². The van der Waals surface area contributed by atoms with Crippen molar-refractivity contribution in [1.82, 2.24) is 14.8 Å². The van der Waals surface area contributed by atoms with Crippen LogP contribution in [0.15, 0.2) is 18.3 Å². The molecule has 0 saturated carbocycles. The zero-order valence-electron chi connectivity index (χ0n) is 12.5. The minimum Gasteiger partial charge on any atom is -0.353 e. The fraction of sp³-hybridized carbons (Fsp3) is 0.600. The first kappa shape index (κ1) is 14.6. The molecule has 2 amide bonds. The van der Waals surface area contributed by atoms with Crippen LogP contribution in [0.5, 0.6) is 0 Å². The average molecular weight is 275 g/mol. The van der Waals surface area contributed by atoms with Gasteiger partial charge >= 0.3 is 6.03 Å². The van der Waals surface area contributed by atoms with Gasteiger partial charge in [-0.3, -0.25) is 0 Å². The number of anilines is 1. The highest BCUT2D eigenvalue weighted by molar-refractivity contribution is 5.75. The summed E-state index contributed by atoms with van der Waals surface area (Å²) >= 11 is 0. The molecule has 20 heavy (non-hydrogen) atoms. The molecule has 2 rings (SSSR count). The zero-order chi connectivity index (χ0) is 14.5. The van der Waals surface area contributed by atoms with Gasteiger partial charge < -0.3 is 14.7 Å². The Morgan fingerprint density at radius 3 is 2.60 bits per heavy atom. The monoisotopic (exact) mass is 275 g/mol. The highest BCUT2D eigenvalue weighted by atomic mass is 16.2. The van der Waals surface area contributed by atoms with Crippen LogP contribution >= 0.6 is 0 Å². The maximum absolute atomic E-state index is 12.4. The molecule has 1 saturated heterocycles. The van der Waals surface area contributed by atoms with Crippen LogP contribution in [-0.2, 0) is 0 Å². The summed E-state index contributed by atoms with van der Waals surface area (Å²) in [5, 5.41) is 0. The smallest absolute Gasteiger partial charge is 0.320 e. The van der Waals surface area contributed by atoms with Gasteiger partial charge in [-0.15, -0.1) is 0 Å². The second-order valence-corrected chi connectivity index (χ2v) is 5.25. The summed E-state index contributed by atoms with van der Waals surface area (Å²) in [6, 6.07) is 7.13. The molecule has 0 bridgehead atoms. The largest absolute Gasteiger partial charge is 0.353 e. The van der Waals surface area contributed by atoms with E-state index in [1.807, 2.05) is 22.8 Å². The Kier molecular flexibility index (Phi) is 4.82. The summed E-state index contributed by atoms with van der Waals surface area (Å²) in [6.07, 6.45) is 1.75. The van der Waals surface area contributed by atoms with Crippen molar-refractivity contribution < 1.29 is 4.79 Å². The molecule has 109 valence electrons. The Balaban J connectivity index is 1.93. The fourth-order valence-electron chi connectivity index (χ4n) is 2.52. The first-order chi connectivity index (χ1) is 9.63. The van der Waals surface area contributed by atoms with E-state index >= 15 is 0 Å². The first-order valence-corrected chi connectivity index (χ1v) is 7.26. The van der Waals surface area contributed by atoms with E-state index in [9.17, 15) is 4.79 Å². The van der Waals surface area contributed by atoms with E-state index in [0.717, 1.165) is 38.5 Å². The number of carbonyl (C=O) groups excluding carboxylic acids is 1. The summed E-state index contributed by atoms with van der Waals surface area (Å²) < 4.78 is 0. The molecule has 1 aromatic heterocycles. The van der Waals surface area contributed by atoms with Gasteiger partial charge in [-0.2, -0.15) is 0 Å². The molecule has 0 aromatic carbocycles. The van der Waals surface area contributed by atoms with Gasteiger partial charge in [-0.05, 0) is 39.0 Å². The van der Waals surface area contributed by atoms with Crippen molar-refractivity contribution in [1.29, 1.82) is 0 Å². The summed E-state index contributed by atoms with van der Waals surface area (Å²) in [5.41, 5.74) is 0. The second kappa shape index (κ2) is 6.59. The first-order valence-electron chi connectivity index (χ1n) is 7.26. The molecule has 0 aliphatic carbocycles. The number of rotatable bonds is 3. The van der Waals surface area contributed by atoms with Crippen LogP contribution in [0, 0.1) is 6.07 Å². The zero-order valence-corrected chi connectivity index (χ0v) is 12.5. The molecular formula is C15H23N4O. The Morgan fingerprint density at radius 1 is 1.40 bits per heavy atom. The summed E-state index contributed by atoms with van der Waals surface area (Å²) in [7, 11) is 0. The number of nitrogens with zero attached hydrogens (tertiary/aromatic N) is 4. The third-order valence-corrected chi connectivity index (χ3v) is 3.67. The Labute approximate surface area is 121 Å². The number of carbonyl (C=O) groups is 1. The van der Waals surface area contributed by atoms with Gasteiger partial charge in [-0.25, -0.2) is 9.78 Å². The van der Waals surface area contributed by atoms with Crippen LogP contribution in [0.4, 0.5) is 10.6 Å². The lowest BCUT2D eigenvalue weighted by atomic mass is 10.3. The molecule has 5 nitrogen and oxygen atoms in total. The van der Waals surface area contributed by atoms with E-state index < -0.39 is 0 Å².